The summed E-state index contributed by atoms with van der Waals surface area (Å²) in [6.07, 6.45) is 1.09. The van der Waals surface area contributed by atoms with Gasteiger partial charge >= 0.3 is 0 Å². The predicted molar refractivity (Wildman–Crippen MR) is 66.9 cm³/mol. The molecule has 0 radical (unpaired) electrons. The van der Waals surface area contributed by atoms with Crippen LogP contribution in [0.5, 0.6) is 5.75 Å². The average Bonchev–Trinajstić information content (AvgIpc) is 2.26. The Kier molecular flexibility index (Phi) is 3.34. The van der Waals surface area contributed by atoms with Gasteiger partial charge in [-0.3, -0.25) is 0 Å². The van der Waals surface area contributed by atoms with Crippen molar-refractivity contribution < 1.29 is 5.11 Å². The molecule has 1 unspecified atom stereocenters. The van der Waals surface area contributed by atoms with Crippen molar-refractivity contribution >= 4 is 5.69 Å². The molecule has 1 aliphatic heterocycles. The summed E-state index contributed by atoms with van der Waals surface area (Å²) < 4.78 is 0. The highest BCUT2D eigenvalue weighted by molar-refractivity contribution is 5.56. The average molecular weight is 220 g/mol. The summed E-state index contributed by atoms with van der Waals surface area (Å²) in [5.74, 6) is 0.976. The molecule has 0 saturated heterocycles. The third kappa shape index (κ3) is 2.67. The second-order valence-corrected chi connectivity index (χ2v) is 4.86. The summed E-state index contributed by atoms with van der Waals surface area (Å²) in [6.45, 7) is 6.37. The first-order chi connectivity index (χ1) is 7.65. The highest BCUT2D eigenvalue weighted by atomic mass is 16.3. The molecule has 1 aliphatic rings. The Balaban J connectivity index is 1.98. The van der Waals surface area contributed by atoms with Gasteiger partial charge in [0.15, 0.2) is 0 Å². The summed E-state index contributed by atoms with van der Waals surface area (Å²) in [4.78, 5) is 0. The predicted octanol–water partition coefficient (Wildman–Crippen LogP) is 1.97. The molecule has 3 nitrogen and oxygen atoms in total. The number of rotatable bonds is 3. The van der Waals surface area contributed by atoms with Gasteiger partial charge in [0.1, 0.15) is 5.75 Å². The molecule has 0 spiro atoms. The van der Waals surface area contributed by atoms with Crippen LogP contribution in [0.15, 0.2) is 18.2 Å². The van der Waals surface area contributed by atoms with Crippen LogP contribution in [0.2, 0.25) is 0 Å². The first-order valence-corrected chi connectivity index (χ1v) is 5.94. The molecule has 0 fully saturated rings. The van der Waals surface area contributed by atoms with Crippen molar-refractivity contribution in [2.45, 2.75) is 26.3 Å². The zero-order chi connectivity index (χ0) is 11.5. The molecular formula is C13H20N2O. The van der Waals surface area contributed by atoms with Crippen LogP contribution in [-0.4, -0.2) is 24.2 Å². The minimum Gasteiger partial charge on any atom is -0.508 e. The molecule has 0 amide bonds. The lowest BCUT2D eigenvalue weighted by Crippen LogP contribution is -2.35. The van der Waals surface area contributed by atoms with Gasteiger partial charge in [-0.1, -0.05) is 19.9 Å². The number of hydrogen-bond donors (Lipinski definition) is 3. The lowest BCUT2D eigenvalue weighted by molar-refractivity contribution is 0.452. The van der Waals surface area contributed by atoms with Crippen molar-refractivity contribution in [3.63, 3.8) is 0 Å². The van der Waals surface area contributed by atoms with Gasteiger partial charge in [-0.15, -0.1) is 0 Å². The molecule has 0 bridgehead atoms. The molecule has 1 heterocycles. The van der Waals surface area contributed by atoms with Gasteiger partial charge < -0.3 is 15.7 Å². The number of benzene rings is 1. The fourth-order valence-electron chi connectivity index (χ4n) is 2.09. The zero-order valence-electron chi connectivity index (χ0n) is 9.96. The minimum atomic E-state index is 0.338. The lowest BCUT2D eigenvalue weighted by atomic mass is 9.93. The molecule has 0 aliphatic carbocycles. The Bertz CT molecular complexity index is 363. The molecule has 1 atom stereocenters. The number of aromatic hydroxyl groups is 1. The van der Waals surface area contributed by atoms with Crippen LogP contribution in [0.4, 0.5) is 5.69 Å². The number of phenolic OH excluding ortho intramolecular Hbond substituents is 1. The van der Waals surface area contributed by atoms with Gasteiger partial charge in [-0.25, -0.2) is 0 Å². The summed E-state index contributed by atoms with van der Waals surface area (Å²) in [6, 6.07) is 6.13. The van der Waals surface area contributed by atoms with E-state index in [-0.39, 0.29) is 0 Å². The van der Waals surface area contributed by atoms with Crippen LogP contribution in [0.3, 0.4) is 0 Å². The standard InChI is InChI=1S/C13H20N2O/c1-9(2)14-7-10-5-11-3-4-12(16)6-13(11)15-8-10/h3-4,6,9-10,14-16H,5,7-8H2,1-2H3. The Labute approximate surface area is 96.9 Å². The second kappa shape index (κ2) is 4.74. The van der Waals surface area contributed by atoms with Crippen molar-refractivity contribution in [2.75, 3.05) is 18.4 Å². The van der Waals surface area contributed by atoms with E-state index in [1.807, 2.05) is 6.07 Å². The fourth-order valence-corrected chi connectivity index (χ4v) is 2.09. The van der Waals surface area contributed by atoms with E-state index in [2.05, 4.69) is 24.5 Å². The van der Waals surface area contributed by atoms with E-state index in [9.17, 15) is 5.11 Å². The Morgan fingerprint density at radius 3 is 3.06 bits per heavy atom. The van der Waals surface area contributed by atoms with Gasteiger partial charge in [0, 0.05) is 30.9 Å². The van der Waals surface area contributed by atoms with Crippen LogP contribution >= 0.6 is 0 Å². The van der Waals surface area contributed by atoms with Crippen LogP contribution < -0.4 is 10.6 Å². The molecule has 88 valence electrons. The SMILES string of the molecule is CC(C)NCC1CNc2cc(O)ccc2C1. The fraction of sp³-hybridized carbons (Fsp3) is 0.538. The molecular weight excluding hydrogens is 200 g/mol. The van der Waals surface area contributed by atoms with Crippen molar-refractivity contribution in [1.29, 1.82) is 0 Å². The quantitative estimate of drug-likeness (QED) is 0.729. The number of anilines is 1. The maximum absolute atomic E-state index is 9.38. The van der Waals surface area contributed by atoms with E-state index >= 15 is 0 Å². The first-order valence-electron chi connectivity index (χ1n) is 5.94. The topological polar surface area (TPSA) is 44.3 Å². The molecule has 1 aromatic rings. The number of fused-ring (bicyclic) bond motifs is 1. The Hall–Kier alpha value is -1.22. The summed E-state index contributed by atoms with van der Waals surface area (Å²) in [5.41, 5.74) is 2.39. The van der Waals surface area contributed by atoms with E-state index in [4.69, 9.17) is 0 Å². The number of nitrogens with one attached hydrogen (secondary N) is 2. The molecule has 3 N–H and O–H groups in total. The monoisotopic (exact) mass is 220 g/mol. The van der Waals surface area contributed by atoms with Crippen LogP contribution in [0.25, 0.3) is 0 Å². The number of phenols is 1. The molecule has 1 aromatic carbocycles. The summed E-state index contributed by atoms with van der Waals surface area (Å²) in [5, 5.41) is 16.2. The van der Waals surface area contributed by atoms with Gasteiger partial charge in [0.05, 0.1) is 0 Å². The van der Waals surface area contributed by atoms with Crippen molar-refractivity contribution in [1.82, 2.24) is 5.32 Å². The molecule has 0 aromatic heterocycles. The summed E-state index contributed by atoms with van der Waals surface area (Å²) >= 11 is 0. The van der Waals surface area contributed by atoms with Crippen LogP contribution in [0.1, 0.15) is 19.4 Å². The second-order valence-electron chi connectivity index (χ2n) is 4.86. The third-order valence-electron chi connectivity index (χ3n) is 3.00. The van der Waals surface area contributed by atoms with Gasteiger partial charge in [0.25, 0.3) is 0 Å². The normalized spacial score (nSPS) is 19.3. The minimum absolute atomic E-state index is 0.338. The van der Waals surface area contributed by atoms with E-state index in [0.717, 1.165) is 25.2 Å². The van der Waals surface area contributed by atoms with E-state index < -0.39 is 0 Å². The summed E-state index contributed by atoms with van der Waals surface area (Å²) in [7, 11) is 0. The molecule has 3 heteroatoms. The Morgan fingerprint density at radius 1 is 1.50 bits per heavy atom. The smallest absolute Gasteiger partial charge is 0.117 e. The van der Waals surface area contributed by atoms with Crippen molar-refractivity contribution in [3.8, 4) is 5.75 Å². The third-order valence-corrected chi connectivity index (χ3v) is 3.00. The highest BCUT2D eigenvalue weighted by Gasteiger charge is 2.18. The molecule has 2 rings (SSSR count). The van der Waals surface area contributed by atoms with E-state index in [1.165, 1.54) is 5.56 Å². The van der Waals surface area contributed by atoms with E-state index in [1.54, 1.807) is 12.1 Å². The molecule has 0 saturated carbocycles. The lowest BCUT2D eigenvalue weighted by Gasteiger charge is -2.27. The largest absolute Gasteiger partial charge is 0.508 e. The molecule has 16 heavy (non-hydrogen) atoms. The van der Waals surface area contributed by atoms with Gasteiger partial charge in [0.2, 0.25) is 0 Å². The van der Waals surface area contributed by atoms with Crippen molar-refractivity contribution in [3.05, 3.63) is 23.8 Å². The van der Waals surface area contributed by atoms with Crippen molar-refractivity contribution in [2.24, 2.45) is 5.92 Å². The Morgan fingerprint density at radius 2 is 2.31 bits per heavy atom. The van der Waals surface area contributed by atoms with Gasteiger partial charge in [-0.2, -0.15) is 0 Å². The van der Waals surface area contributed by atoms with Gasteiger partial charge in [-0.05, 0) is 24.0 Å². The maximum Gasteiger partial charge on any atom is 0.117 e. The zero-order valence-corrected chi connectivity index (χ0v) is 9.96. The first kappa shape index (κ1) is 11.3. The highest BCUT2D eigenvalue weighted by Crippen LogP contribution is 2.27. The maximum atomic E-state index is 9.38. The van der Waals surface area contributed by atoms with Crippen LogP contribution in [0, 0.1) is 5.92 Å². The van der Waals surface area contributed by atoms with E-state index in [0.29, 0.717) is 17.7 Å². The number of hydrogen-bond acceptors (Lipinski definition) is 3. The van der Waals surface area contributed by atoms with Crippen LogP contribution in [-0.2, 0) is 6.42 Å².